The second-order valence-corrected chi connectivity index (χ2v) is 5.90. The molecule has 7 heteroatoms. The Morgan fingerprint density at radius 3 is 2.43 bits per heavy atom. The van der Waals surface area contributed by atoms with Crippen molar-refractivity contribution in [2.24, 2.45) is 5.84 Å². The standard InChI is InChI=1S/C14H11BrCl2N2O2/c15-13-3-8(14(20)19-18)1-2-9(13)7-21-12-5-10(16)4-11(17)6-12/h1-6H,7,18H2,(H,19,20). The number of amides is 1. The molecule has 0 aliphatic heterocycles. The van der Waals surface area contributed by atoms with Crippen LogP contribution in [0.4, 0.5) is 0 Å². The fraction of sp³-hybridized carbons (Fsp3) is 0.0714. The molecular weight excluding hydrogens is 379 g/mol. The molecule has 2 rings (SSSR count). The number of hydrogen-bond acceptors (Lipinski definition) is 3. The van der Waals surface area contributed by atoms with Crippen molar-refractivity contribution in [3.05, 3.63) is 62.0 Å². The minimum atomic E-state index is -0.357. The molecular formula is C14H11BrCl2N2O2. The summed E-state index contributed by atoms with van der Waals surface area (Å²) < 4.78 is 6.38. The van der Waals surface area contributed by atoms with Crippen molar-refractivity contribution in [2.45, 2.75) is 6.61 Å². The van der Waals surface area contributed by atoms with Crippen molar-refractivity contribution in [2.75, 3.05) is 0 Å². The maximum absolute atomic E-state index is 11.4. The zero-order chi connectivity index (χ0) is 15.4. The summed E-state index contributed by atoms with van der Waals surface area (Å²) in [6.07, 6.45) is 0. The van der Waals surface area contributed by atoms with Gasteiger partial charge in [-0.1, -0.05) is 45.2 Å². The van der Waals surface area contributed by atoms with Gasteiger partial charge < -0.3 is 4.74 Å². The van der Waals surface area contributed by atoms with Crippen LogP contribution in [0.15, 0.2) is 40.9 Å². The number of benzene rings is 2. The maximum Gasteiger partial charge on any atom is 0.265 e. The molecule has 0 unspecified atom stereocenters. The average Bonchev–Trinajstić information content (AvgIpc) is 2.44. The van der Waals surface area contributed by atoms with Crippen molar-refractivity contribution in [3.8, 4) is 5.75 Å². The number of rotatable bonds is 4. The Morgan fingerprint density at radius 1 is 1.19 bits per heavy atom. The van der Waals surface area contributed by atoms with Gasteiger partial charge in [-0.3, -0.25) is 10.2 Å². The van der Waals surface area contributed by atoms with Gasteiger partial charge in [-0.15, -0.1) is 0 Å². The molecule has 0 radical (unpaired) electrons. The topological polar surface area (TPSA) is 64.3 Å². The molecule has 0 aliphatic carbocycles. The second-order valence-electron chi connectivity index (χ2n) is 4.17. The maximum atomic E-state index is 11.4. The van der Waals surface area contributed by atoms with Crippen LogP contribution in [0.2, 0.25) is 10.0 Å². The van der Waals surface area contributed by atoms with Crippen molar-refractivity contribution in [1.29, 1.82) is 0 Å². The first kappa shape index (κ1) is 16.1. The number of nitrogens with two attached hydrogens (primary N) is 1. The third kappa shape index (κ3) is 4.35. The van der Waals surface area contributed by atoms with E-state index in [0.29, 0.717) is 28.0 Å². The first-order valence-electron chi connectivity index (χ1n) is 5.88. The van der Waals surface area contributed by atoms with E-state index in [1.54, 1.807) is 36.4 Å². The number of nitrogen functional groups attached to an aromatic ring is 1. The molecule has 110 valence electrons. The molecule has 2 aromatic carbocycles. The lowest BCUT2D eigenvalue weighted by Gasteiger charge is -2.10. The molecule has 0 bridgehead atoms. The number of halogens is 3. The SMILES string of the molecule is NNC(=O)c1ccc(COc2cc(Cl)cc(Cl)c2)c(Br)c1. The van der Waals surface area contributed by atoms with E-state index in [9.17, 15) is 4.79 Å². The fourth-order valence-corrected chi connectivity index (χ4v) is 2.66. The van der Waals surface area contributed by atoms with E-state index in [1.165, 1.54) is 0 Å². The van der Waals surface area contributed by atoms with Crippen LogP contribution < -0.4 is 16.0 Å². The monoisotopic (exact) mass is 388 g/mol. The van der Waals surface area contributed by atoms with E-state index in [4.69, 9.17) is 33.8 Å². The molecule has 0 aromatic heterocycles. The molecule has 4 nitrogen and oxygen atoms in total. The second kappa shape index (κ2) is 7.13. The van der Waals surface area contributed by atoms with Crippen LogP contribution >= 0.6 is 39.1 Å². The van der Waals surface area contributed by atoms with Gasteiger partial charge in [0.05, 0.1) is 0 Å². The van der Waals surface area contributed by atoms with Crippen LogP contribution in [0.5, 0.6) is 5.75 Å². The Hall–Kier alpha value is -1.27. The normalized spacial score (nSPS) is 10.3. The van der Waals surface area contributed by atoms with Gasteiger partial charge in [0.1, 0.15) is 12.4 Å². The van der Waals surface area contributed by atoms with E-state index in [0.717, 1.165) is 10.0 Å². The van der Waals surface area contributed by atoms with Crippen LogP contribution in [0.3, 0.4) is 0 Å². The average molecular weight is 390 g/mol. The van der Waals surface area contributed by atoms with Crippen molar-refractivity contribution < 1.29 is 9.53 Å². The van der Waals surface area contributed by atoms with E-state index in [-0.39, 0.29) is 5.91 Å². The van der Waals surface area contributed by atoms with Gasteiger partial charge in [-0.2, -0.15) is 0 Å². The summed E-state index contributed by atoms with van der Waals surface area (Å²) in [6, 6.07) is 10.1. The quantitative estimate of drug-likeness (QED) is 0.473. The molecule has 0 atom stereocenters. The third-order valence-electron chi connectivity index (χ3n) is 2.68. The molecule has 0 spiro atoms. The highest BCUT2D eigenvalue weighted by Gasteiger charge is 2.08. The summed E-state index contributed by atoms with van der Waals surface area (Å²) in [7, 11) is 0. The lowest BCUT2D eigenvalue weighted by molar-refractivity contribution is 0.0953. The summed E-state index contributed by atoms with van der Waals surface area (Å²) in [6.45, 7) is 0.307. The first-order valence-corrected chi connectivity index (χ1v) is 7.43. The van der Waals surface area contributed by atoms with Crippen molar-refractivity contribution in [1.82, 2.24) is 5.43 Å². The van der Waals surface area contributed by atoms with Crippen LogP contribution in [-0.4, -0.2) is 5.91 Å². The summed E-state index contributed by atoms with van der Waals surface area (Å²) >= 11 is 15.2. The van der Waals surface area contributed by atoms with Crippen molar-refractivity contribution >= 4 is 45.0 Å². The minimum Gasteiger partial charge on any atom is -0.489 e. The predicted octanol–water partition coefficient (Wildman–Crippen LogP) is 3.94. The minimum absolute atomic E-state index is 0.307. The first-order chi connectivity index (χ1) is 9.99. The van der Waals surface area contributed by atoms with Gasteiger partial charge >= 0.3 is 0 Å². The lowest BCUT2D eigenvalue weighted by Crippen LogP contribution is -2.29. The van der Waals surface area contributed by atoms with Gasteiger partial charge in [-0.25, -0.2) is 5.84 Å². The molecule has 0 aliphatic rings. The van der Waals surface area contributed by atoms with Crippen LogP contribution in [0, 0.1) is 0 Å². The highest BCUT2D eigenvalue weighted by atomic mass is 79.9. The number of carbonyl (C=O) groups is 1. The van der Waals surface area contributed by atoms with Gasteiger partial charge in [0.2, 0.25) is 0 Å². The van der Waals surface area contributed by atoms with E-state index >= 15 is 0 Å². The Morgan fingerprint density at radius 2 is 1.86 bits per heavy atom. The molecule has 0 heterocycles. The van der Waals surface area contributed by atoms with Gasteiger partial charge in [0, 0.05) is 25.6 Å². The molecule has 2 aromatic rings. The Labute approximate surface area is 140 Å². The summed E-state index contributed by atoms with van der Waals surface area (Å²) in [5, 5.41) is 1.01. The molecule has 21 heavy (non-hydrogen) atoms. The highest BCUT2D eigenvalue weighted by Crippen LogP contribution is 2.26. The lowest BCUT2D eigenvalue weighted by atomic mass is 10.1. The van der Waals surface area contributed by atoms with Crippen LogP contribution in [0.25, 0.3) is 0 Å². The highest BCUT2D eigenvalue weighted by molar-refractivity contribution is 9.10. The van der Waals surface area contributed by atoms with E-state index in [1.807, 2.05) is 0 Å². The number of carbonyl (C=O) groups excluding carboxylic acids is 1. The Bertz CT molecular complexity index is 660. The number of nitrogens with one attached hydrogen (secondary N) is 1. The van der Waals surface area contributed by atoms with Gasteiger partial charge in [-0.05, 0) is 30.3 Å². The summed E-state index contributed by atoms with van der Waals surface area (Å²) in [5.41, 5.74) is 3.41. The zero-order valence-corrected chi connectivity index (χ0v) is 13.8. The van der Waals surface area contributed by atoms with Crippen molar-refractivity contribution in [3.63, 3.8) is 0 Å². The van der Waals surface area contributed by atoms with Gasteiger partial charge in [0.15, 0.2) is 0 Å². The molecule has 0 fully saturated rings. The van der Waals surface area contributed by atoms with E-state index < -0.39 is 0 Å². The molecule has 1 amide bonds. The van der Waals surface area contributed by atoms with Gasteiger partial charge in [0.25, 0.3) is 5.91 Å². The molecule has 3 N–H and O–H groups in total. The largest absolute Gasteiger partial charge is 0.489 e. The molecule has 0 saturated carbocycles. The van der Waals surface area contributed by atoms with Crippen LogP contribution in [0.1, 0.15) is 15.9 Å². The third-order valence-corrected chi connectivity index (χ3v) is 3.85. The number of hydrogen-bond donors (Lipinski definition) is 2. The molecule has 0 saturated heterocycles. The van der Waals surface area contributed by atoms with Crippen LogP contribution in [-0.2, 0) is 6.61 Å². The summed E-state index contributed by atoms with van der Waals surface area (Å²) in [5.74, 6) is 5.31. The predicted molar refractivity (Wildman–Crippen MR) is 86.6 cm³/mol. The fourth-order valence-electron chi connectivity index (χ4n) is 1.66. The summed E-state index contributed by atoms with van der Waals surface area (Å²) in [4.78, 5) is 11.4. The Kier molecular flexibility index (Phi) is 5.47. The Balaban J connectivity index is 2.11. The zero-order valence-electron chi connectivity index (χ0n) is 10.7. The number of hydrazine groups is 1. The van der Waals surface area contributed by atoms with E-state index in [2.05, 4.69) is 21.4 Å². The number of ether oxygens (including phenoxy) is 1. The smallest absolute Gasteiger partial charge is 0.265 e.